The Morgan fingerprint density at radius 3 is 2.71 bits per heavy atom. The van der Waals surface area contributed by atoms with Crippen molar-refractivity contribution in [1.82, 2.24) is 4.90 Å². The number of β-lactam (4-membered cyclic amide) rings is 1. The van der Waals surface area contributed by atoms with E-state index in [2.05, 4.69) is 0 Å². The Morgan fingerprint density at radius 2 is 2.08 bits per heavy atom. The van der Waals surface area contributed by atoms with E-state index in [1.54, 1.807) is 31.0 Å². The summed E-state index contributed by atoms with van der Waals surface area (Å²) in [5.74, 6) is 0.985. The Labute approximate surface area is 149 Å². The Bertz CT molecular complexity index is 688. The van der Waals surface area contributed by atoms with E-state index < -0.39 is 5.97 Å². The maximum absolute atomic E-state index is 12.5. The third-order valence-corrected chi connectivity index (χ3v) is 6.00. The summed E-state index contributed by atoms with van der Waals surface area (Å²) in [7, 11) is 1.60. The topological polar surface area (TPSA) is 55.8 Å². The fourth-order valence-corrected chi connectivity index (χ4v) is 4.48. The number of hydrogen-bond donors (Lipinski definition) is 0. The summed E-state index contributed by atoms with van der Waals surface area (Å²) in [5.41, 5.74) is 1.92. The zero-order valence-electron chi connectivity index (χ0n) is 13.5. The number of methoxy groups -OCH3 is 1. The predicted molar refractivity (Wildman–Crippen MR) is 92.8 cm³/mol. The largest absolute Gasteiger partial charge is 0.497 e. The third-order valence-electron chi connectivity index (χ3n) is 4.20. The van der Waals surface area contributed by atoms with Gasteiger partial charge < -0.3 is 9.47 Å². The van der Waals surface area contributed by atoms with E-state index in [0.717, 1.165) is 16.9 Å². The lowest BCUT2D eigenvalue weighted by molar-refractivity contribution is -0.154. The summed E-state index contributed by atoms with van der Waals surface area (Å²) >= 11 is 7.60. The monoisotopic (exact) mass is 367 g/mol. The summed E-state index contributed by atoms with van der Waals surface area (Å²) in [6.45, 7) is 2.01. The van der Waals surface area contributed by atoms with Gasteiger partial charge in [-0.3, -0.25) is 9.69 Å². The van der Waals surface area contributed by atoms with Gasteiger partial charge in [-0.05, 0) is 23.3 Å². The van der Waals surface area contributed by atoms with Crippen LogP contribution < -0.4 is 4.74 Å². The van der Waals surface area contributed by atoms with Gasteiger partial charge in [-0.15, -0.1) is 23.4 Å². The van der Waals surface area contributed by atoms with Crippen molar-refractivity contribution in [3.63, 3.8) is 0 Å². The number of ether oxygens (including phenoxy) is 2. The first kappa shape index (κ1) is 17.2. The smallest absolute Gasteiger partial charge is 0.355 e. The van der Waals surface area contributed by atoms with Crippen LogP contribution in [0.5, 0.6) is 5.75 Å². The van der Waals surface area contributed by atoms with Gasteiger partial charge in [-0.1, -0.05) is 19.1 Å². The Balaban J connectivity index is 1.72. The minimum Gasteiger partial charge on any atom is -0.497 e. The van der Waals surface area contributed by atoms with Crippen LogP contribution in [-0.4, -0.2) is 40.9 Å². The molecule has 0 unspecified atom stereocenters. The van der Waals surface area contributed by atoms with Gasteiger partial charge >= 0.3 is 5.97 Å². The number of carbonyl (C=O) groups excluding carboxylic acids is 2. The fourth-order valence-electron chi connectivity index (χ4n) is 2.77. The van der Waals surface area contributed by atoms with Crippen molar-refractivity contribution in [2.45, 2.75) is 18.9 Å². The highest BCUT2D eigenvalue weighted by Crippen LogP contribution is 2.43. The molecule has 2 aliphatic heterocycles. The predicted octanol–water partition coefficient (Wildman–Crippen LogP) is 2.78. The molecule has 2 atom stereocenters. The summed E-state index contributed by atoms with van der Waals surface area (Å²) in [5, 5.41) is 0.00741. The summed E-state index contributed by atoms with van der Waals surface area (Å²) < 4.78 is 10.5. The second kappa shape index (κ2) is 7.07. The number of alkyl halides is 1. The fraction of sp³-hybridized carbons (Fsp3) is 0.412. The molecule has 1 saturated heterocycles. The molecule has 0 aliphatic carbocycles. The molecule has 2 heterocycles. The second-order valence-corrected chi connectivity index (χ2v) is 7.08. The molecule has 7 heteroatoms. The van der Waals surface area contributed by atoms with Crippen molar-refractivity contribution in [3.05, 3.63) is 41.1 Å². The maximum atomic E-state index is 12.5. The molecule has 0 bridgehead atoms. The quantitative estimate of drug-likeness (QED) is 0.455. The zero-order valence-corrected chi connectivity index (χ0v) is 15.0. The molecule has 0 aromatic heterocycles. The average molecular weight is 368 g/mol. The molecular formula is C17H18ClNO4S. The van der Waals surface area contributed by atoms with E-state index in [-0.39, 0.29) is 29.7 Å². The third kappa shape index (κ3) is 3.00. The second-order valence-electron chi connectivity index (χ2n) is 5.71. The number of esters is 1. The maximum Gasteiger partial charge on any atom is 0.355 e. The molecule has 2 aliphatic rings. The van der Waals surface area contributed by atoms with Gasteiger partial charge in [0.25, 0.3) is 0 Å². The minimum absolute atomic E-state index is 0.00741. The van der Waals surface area contributed by atoms with Gasteiger partial charge in [0.05, 0.1) is 18.4 Å². The number of thioether (sulfide) groups is 1. The van der Waals surface area contributed by atoms with E-state index >= 15 is 0 Å². The Morgan fingerprint density at radius 1 is 1.38 bits per heavy atom. The molecule has 128 valence electrons. The molecule has 24 heavy (non-hydrogen) atoms. The molecule has 1 aromatic carbocycles. The average Bonchev–Trinajstić information content (AvgIpc) is 2.64. The Hall–Kier alpha value is -1.66. The lowest BCUT2D eigenvalue weighted by atomic mass is 9.98. The van der Waals surface area contributed by atoms with Crippen LogP contribution in [0.1, 0.15) is 12.5 Å². The van der Waals surface area contributed by atoms with Crippen LogP contribution in [-0.2, 0) is 20.9 Å². The number of nitrogens with zero attached hydrogens (tertiary/aromatic N) is 1. The molecule has 1 fully saturated rings. The van der Waals surface area contributed by atoms with Gasteiger partial charge in [-0.2, -0.15) is 0 Å². The van der Waals surface area contributed by atoms with Crippen LogP contribution >= 0.6 is 23.4 Å². The van der Waals surface area contributed by atoms with Crippen LogP contribution in [0.15, 0.2) is 35.5 Å². The normalized spacial score (nSPS) is 22.8. The summed E-state index contributed by atoms with van der Waals surface area (Å²) in [4.78, 5) is 26.2. The van der Waals surface area contributed by atoms with Crippen LogP contribution in [0.25, 0.3) is 0 Å². The lowest BCUT2D eigenvalue weighted by Crippen LogP contribution is -2.60. The Kier molecular flexibility index (Phi) is 5.06. The van der Waals surface area contributed by atoms with Crippen LogP contribution in [0.4, 0.5) is 0 Å². The SMILES string of the molecule is COc1ccc(COC(=O)C2=C(CCl)CS[C@@H]3[C@H](C)C(=O)N23)cc1. The van der Waals surface area contributed by atoms with E-state index in [4.69, 9.17) is 21.1 Å². The molecule has 3 rings (SSSR count). The standard InChI is InChI=1S/C17H18ClNO4S/c1-10-15(20)19-14(12(7-18)9-24-16(10)19)17(21)23-8-11-3-5-13(22-2)6-4-11/h3-6,10,16H,7-9H2,1-2H3/t10-,16-/m1/s1. The molecule has 0 saturated carbocycles. The molecular weight excluding hydrogens is 350 g/mol. The molecule has 1 amide bonds. The molecule has 0 radical (unpaired) electrons. The highest BCUT2D eigenvalue weighted by atomic mass is 35.5. The summed E-state index contributed by atoms with van der Waals surface area (Å²) in [6.07, 6.45) is 0. The lowest BCUT2D eigenvalue weighted by Gasteiger charge is -2.48. The van der Waals surface area contributed by atoms with Crippen LogP contribution in [0.3, 0.4) is 0 Å². The molecule has 0 spiro atoms. The van der Waals surface area contributed by atoms with Gasteiger partial charge in [0, 0.05) is 11.6 Å². The summed E-state index contributed by atoms with van der Waals surface area (Å²) in [6, 6.07) is 7.28. The molecule has 5 nitrogen and oxygen atoms in total. The van der Waals surface area contributed by atoms with Gasteiger partial charge in [0.2, 0.25) is 5.91 Å². The van der Waals surface area contributed by atoms with E-state index in [1.807, 2.05) is 19.1 Å². The zero-order chi connectivity index (χ0) is 17.3. The molecule has 0 N–H and O–H groups in total. The van der Waals surface area contributed by atoms with Crippen molar-refractivity contribution in [1.29, 1.82) is 0 Å². The van der Waals surface area contributed by atoms with Crippen molar-refractivity contribution in [2.75, 3.05) is 18.7 Å². The number of amides is 1. The molecule has 1 aromatic rings. The van der Waals surface area contributed by atoms with Gasteiger partial charge in [0.15, 0.2) is 0 Å². The van der Waals surface area contributed by atoms with Gasteiger partial charge in [-0.25, -0.2) is 4.79 Å². The minimum atomic E-state index is -0.494. The number of benzene rings is 1. The number of hydrogen-bond acceptors (Lipinski definition) is 5. The number of rotatable bonds is 5. The van der Waals surface area contributed by atoms with Crippen molar-refractivity contribution < 1.29 is 19.1 Å². The number of halogens is 1. The number of fused-ring (bicyclic) bond motifs is 1. The number of carbonyl (C=O) groups is 2. The van der Waals surface area contributed by atoms with Crippen molar-refractivity contribution >= 4 is 35.2 Å². The highest BCUT2D eigenvalue weighted by molar-refractivity contribution is 8.00. The van der Waals surface area contributed by atoms with E-state index in [9.17, 15) is 9.59 Å². The first-order valence-electron chi connectivity index (χ1n) is 7.59. The van der Waals surface area contributed by atoms with Crippen LogP contribution in [0, 0.1) is 5.92 Å². The van der Waals surface area contributed by atoms with E-state index in [1.165, 1.54) is 4.90 Å². The van der Waals surface area contributed by atoms with E-state index in [0.29, 0.717) is 11.4 Å². The highest BCUT2D eigenvalue weighted by Gasteiger charge is 2.51. The van der Waals surface area contributed by atoms with Crippen molar-refractivity contribution in [3.8, 4) is 5.75 Å². The van der Waals surface area contributed by atoms with Crippen molar-refractivity contribution in [2.24, 2.45) is 5.92 Å². The first-order valence-corrected chi connectivity index (χ1v) is 9.18. The van der Waals surface area contributed by atoms with Gasteiger partial charge in [0.1, 0.15) is 18.1 Å². The first-order chi connectivity index (χ1) is 11.6. The van der Waals surface area contributed by atoms with Crippen LogP contribution in [0.2, 0.25) is 0 Å².